The first-order valence-electron chi connectivity index (χ1n) is 5.26. The summed E-state index contributed by atoms with van der Waals surface area (Å²) < 4.78 is 1.67. The van der Waals surface area contributed by atoms with Gasteiger partial charge in [0.15, 0.2) is 0 Å². The summed E-state index contributed by atoms with van der Waals surface area (Å²) in [6.07, 6.45) is 1.79. The minimum absolute atomic E-state index is 0.0154. The minimum Gasteiger partial charge on any atom is -0.310 e. The normalized spacial score (nSPS) is 10.9. The molecule has 0 bridgehead atoms. The van der Waals surface area contributed by atoms with Gasteiger partial charge in [-0.25, -0.2) is 4.98 Å². The largest absolute Gasteiger partial charge is 0.310 e. The summed E-state index contributed by atoms with van der Waals surface area (Å²) in [4.78, 5) is 16.0. The maximum absolute atomic E-state index is 11.5. The minimum atomic E-state index is 0.0154. The number of hydrogen-bond donors (Lipinski definition) is 0. The molecule has 2 heterocycles. The molecule has 0 unspecified atom stereocenters. The summed E-state index contributed by atoms with van der Waals surface area (Å²) in [5.41, 5.74) is 0.976. The lowest BCUT2D eigenvalue weighted by Crippen LogP contribution is -2.18. The van der Waals surface area contributed by atoms with E-state index in [0.29, 0.717) is 12.5 Å². The maximum Gasteiger partial charge on any atom is 0.250 e. The van der Waals surface area contributed by atoms with E-state index in [9.17, 15) is 4.79 Å². The van der Waals surface area contributed by atoms with Crippen molar-refractivity contribution in [2.24, 2.45) is 0 Å². The van der Waals surface area contributed by atoms with E-state index in [2.05, 4.69) is 18.8 Å². The van der Waals surface area contributed by atoms with Crippen LogP contribution in [0.15, 0.2) is 34.6 Å². The number of thiazole rings is 1. The van der Waals surface area contributed by atoms with Gasteiger partial charge in [0.1, 0.15) is 0 Å². The van der Waals surface area contributed by atoms with Crippen LogP contribution in [-0.2, 0) is 6.54 Å². The summed E-state index contributed by atoms with van der Waals surface area (Å²) in [6, 6.07) is 5.17. The Morgan fingerprint density at radius 1 is 1.44 bits per heavy atom. The molecule has 0 spiro atoms. The summed E-state index contributed by atoms with van der Waals surface area (Å²) in [5, 5.41) is 3.15. The van der Waals surface area contributed by atoms with Crippen LogP contribution < -0.4 is 5.56 Å². The highest BCUT2D eigenvalue weighted by Crippen LogP contribution is 2.19. The zero-order valence-corrected chi connectivity index (χ0v) is 10.2. The van der Waals surface area contributed by atoms with Crippen LogP contribution in [-0.4, -0.2) is 9.55 Å². The quantitative estimate of drug-likeness (QED) is 0.817. The molecule has 0 radical (unpaired) electrons. The zero-order valence-electron chi connectivity index (χ0n) is 9.38. The van der Waals surface area contributed by atoms with Crippen molar-refractivity contribution in [3.8, 4) is 0 Å². The molecule has 84 valence electrons. The molecule has 0 aliphatic carbocycles. The Labute approximate surface area is 98.4 Å². The van der Waals surface area contributed by atoms with Crippen molar-refractivity contribution in [3.63, 3.8) is 0 Å². The van der Waals surface area contributed by atoms with Crippen LogP contribution in [0.25, 0.3) is 0 Å². The van der Waals surface area contributed by atoms with E-state index in [1.165, 1.54) is 0 Å². The Morgan fingerprint density at radius 2 is 2.25 bits per heavy atom. The molecular formula is C12H14N2OS. The van der Waals surface area contributed by atoms with Crippen molar-refractivity contribution in [2.75, 3.05) is 0 Å². The number of aromatic nitrogens is 2. The Morgan fingerprint density at radius 3 is 2.88 bits per heavy atom. The molecule has 0 aromatic carbocycles. The Kier molecular flexibility index (Phi) is 3.19. The van der Waals surface area contributed by atoms with Crippen LogP contribution >= 0.6 is 11.3 Å². The molecule has 0 aliphatic heterocycles. The second-order valence-corrected chi connectivity index (χ2v) is 4.89. The van der Waals surface area contributed by atoms with Gasteiger partial charge in [0.25, 0.3) is 5.56 Å². The van der Waals surface area contributed by atoms with Gasteiger partial charge in [-0.15, -0.1) is 11.3 Å². The Balaban J connectivity index is 2.21. The van der Waals surface area contributed by atoms with Crippen molar-refractivity contribution in [1.82, 2.24) is 9.55 Å². The van der Waals surface area contributed by atoms with E-state index in [-0.39, 0.29) is 5.56 Å². The van der Waals surface area contributed by atoms with Crippen LogP contribution in [0.5, 0.6) is 0 Å². The van der Waals surface area contributed by atoms with Gasteiger partial charge in [0.05, 0.1) is 17.2 Å². The molecule has 0 amide bonds. The van der Waals surface area contributed by atoms with Crippen molar-refractivity contribution in [1.29, 1.82) is 0 Å². The highest BCUT2D eigenvalue weighted by Gasteiger charge is 2.06. The summed E-state index contributed by atoms with van der Waals surface area (Å²) in [7, 11) is 0. The van der Waals surface area contributed by atoms with Crippen molar-refractivity contribution < 1.29 is 0 Å². The van der Waals surface area contributed by atoms with E-state index in [1.807, 2.05) is 11.4 Å². The van der Waals surface area contributed by atoms with Crippen LogP contribution in [0, 0.1) is 0 Å². The molecule has 0 N–H and O–H groups in total. The monoisotopic (exact) mass is 234 g/mol. The first-order valence-corrected chi connectivity index (χ1v) is 6.14. The highest BCUT2D eigenvalue weighted by molar-refractivity contribution is 7.09. The van der Waals surface area contributed by atoms with Crippen LogP contribution in [0.1, 0.15) is 30.5 Å². The average Bonchev–Trinajstić information content (AvgIpc) is 2.70. The summed E-state index contributed by atoms with van der Waals surface area (Å²) >= 11 is 1.66. The van der Waals surface area contributed by atoms with Crippen LogP contribution in [0.3, 0.4) is 0 Å². The van der Waals surface area contributed by atoms with E-state index < -0.39 is 0 Å². The van der Waals surface area contributed by atoms with Crippen LogP contribution in [0.4, 0.5) is 0 Å². The number of pyridine rings is 1. The third-order valence-corrected chi connectivity index (χ3v) is 3.49. The first-order chi connectivity index (χ1) is 7.66. The van der Waals surface area contributed by atoms with Crippen molar-refractivity contribution in [3.05, 3.63) is 50.8 Å². The molecule has 3 nitrogen and oxygen atoms in total. The van der Waals surface area contributed by atoms with E-state index in [0.717, 1.165) is 10.7 Å². The van der Waals surface area contributed by atoms with Crippen molar-refractivity contribution in [2.45, 2.75) is 26.3 Å². The predicted octanol–water partition coefficient (Wildman–Crippen LogP) is 2.48. The number of hydrogen-bond acceptors (Lipinski definition) is 3. The molecule has 0 saturated carbocycles. The highest BCUT2D eigenvalue weighted by atomic mass is 32.1. The molecule has 0 aliphatic rings. The molecule has 16 heavy (non-hydrogen) atoms. The second-order valence-electron chi connectivity index (χ2n) is 4.00. The standard InChI is InChI=1S/C12H14N2OS/c1-9(2)12-13-10(8-16-12)7-14-6-4-3-5-11(14)15/h3-6,8-9H,7H2,1-2H3. The molecular weight excluding hydrogens is 220 g/mol. The lowest BCUT2D eigenvalue weighted by atomic mass is 10.2. The van der Waals surface area contributed by atoms with Gasteiger partial charge in [-0.2, -0.15) is 0 Å². The van der Waals surface area contributed by atoms with Gasteiger partial charge in [-0.05, 0) is 6.07 Å². The molecule has 4 heteroatoms. The number of rotatable bonds is 3. The number of nitrogens with zero attached hydrogens (tertiary/aromatic N) is 2. The molecule has 0 atom stereocenters. The fourth-order valence-electron chi connectivity index (χ4n) is 1.43. The summed E-state index contributed by atoms with van der Waals surface area (Å²) in [6.45, 7) is 4.80. The summed E-state index contributed by atoms with van der Waals surface area (Å²) in [5.74, 6) is 0.450. The second kappa shape index (κ2) is 4.61. The first kappa shape index (κ1) is 11.1. The molecule has 2 aromatic rings. The molecule has 2 aromatic heterocycles. The molecule has 2 rings (SSSR count). The third-order valence-electron chi connectivity index (χ3n) is 2.29. The zero-order chi connectivity index (χ0) is 11.5. The maximum atomic E-state index is 11.5. The smallest absolute Gasteiger partial charge is 0.250 e. The lowest BCUT2D eigenvalue weighted by Gasteiger charge is -2.01. The fourth-order valence-corrected chi connectivity index (χ4v) is 2.25. The Bertz CT molecular complexity index is 528. The van der Waals surface area contributed by atoms with Gasteiger partial charge >= 0.3 is 0 Å². The molecule has 0 fully saturated rings. The van der Waals surface area contributed by atoms with E-state index in [4.69, 9.17) is 0 Å². The lowest BCUT2D eigenvalue weighted by molar-refractivity contribution is 0.734. The molecule has 0 saturated heterocycles. The van der Waals surface area contributed by atoms with Crippen molar-refractivity contribution >= 4 is 11.3 Å². The third kappa shape index (κ3) is 2.39. The SMILES string of the molecule is CC(C)c1nc(Cn2ccccc2=O)cs1. The van der Waals surface area contributed by atoms with E-state index >= 15 is 0 Å². The average molecular weight is 234 g/mol. The van der Waals surface area contributed by atoms with Gasteiger partial charge < -0.3 is 4.57 Å². The van der Waals surface area contributed by atoms with Gasteiger partial charge in [-0.3, -0.25) is 4.79 Å². The van der Waals surface area contributed by atoms with Gasteiger partial charge in [-0.1, -0.05) is 19.9 Å². The van der Waals surface area contributed by atoms with Crippen LogP contribution in [0.2, 0.25) is 0 Å². The Hall–Kier alpha value is -1.42. The predicted molar refractivity (Wildman–Crippen MR) is 66.0 cm³/mol. The van der Waals surface area contributed by atoms with Gasteiger partial charge in [0.2, 0.25) is 0 Å². The van der Waals surface area contributed by atoms with Gasteiger partial charge in [0, 0.05) is 23.6 Å². The van der Waals surface area contributed by atoms with E-state index in [1.54, 1.807) is 34.2 Å². The fraction of sp³-hybridized carbons (Fsp3) is 0.333. The topological polar surface area (TPSA) is 34.9 Å².